The van der Waals surface area contributed by atoms with Crippen LogP contribution in [0.1, 0.15) is 16.6 Å². The van der Waals surface area contributed by atoms with Crippen LogP contribution in [0.4, 0.5) is 0 Å². The maximum atomic E-state index is 11.8. The maximum absolute atomic E-state index is 11.8. The Bertz CT molecular complexity index is 539. The van der Waals surface area contributed by atoms with Crippen molar-refractivity contribution in [2.75, 3.05) is 11.5 Å². The first-order valence-electron chi connectivity index (χ1n) is 4.91. The zero-order valence-corrected chi connectivity index (χ0v) is 10.2. The molecule has 88 valence electrons. The molecule has 1 aliphatic rings. The fraction of sp³-hybridized carbons (Fsp3) is 0.400. The summed E-state index contributed by atoms with van der Waals surface area (Å²) in [7, 11) is -7.14. The van der Waals surface area contributed by atoms with E-state index in [1.165, 1.54) is 0 Å². The SMILES string of the molecule is O=S1(=O)CCCS(=O)(=O)C1c1ccccc1. The standard InChI is InChI=1S/C10H12O4S2/c11-15(12)7-4-8-16(13,14)10(15)9-5-2-1-3-6-9/h1-3,5-6,10H,4,7-8H2. The van der Waals surface area contributed by atoms with E-state index in [9.17, 15) is 16.8 Å². The van der Waals surface area contributed by atoms with Crippen molar-refractivity contribution in [1.29, 1.82) is 0 Å². The molecule has 1 saturated heterocycles. The van der Waals surface area contributed by atoms with Crippen molar-refractivity contribution >= 4 is 19.7 Å². The number of hydrogen-bond acceptors (Lipinski definition) is 4. The van der Waals surface area contributed by atoms with Gasteiger partial charge in [-0.15, -0.1) is 0 Å². The van der Waals surface area contributed by atoms with Crippen LogP contribution in [0.25, 0.3) is 0 Å². The van der Waals surface area contributed by atoms with Crippen molar-refractivity contribution in [2.45, 2.75) is 11.0 Å². The lowest BCUT2D eigenvalue weighted by molar-refractivity contribution is 0.567. The molecule has 6 heteroatoms. The van der Waals surface area contributed by atoms with Gasteiger partial charge >= 0.3 is 0 Å². The number of rotatable bonds is 1. The highest BCUT2D eigenvalue weighted by Gasteiger charge is 2.41. The van der Waals surface area contributed by atoms with Gasteiger partial charge in [-0.1, -0.05) is 30.3 Å². The lowest BCUT2D eigenvalue weighted by Crippen LogP contribution is -2.32. The molecule has 0 bridgehead atoms. The van der Waals surface area contributed by atoms with Gasteiger partial charge in [0.25, 0.3) is 0 Å². The molecule has 0 aliphatic carbocycles. The molecule has 0 amide bonds. The lowest BCUT2D eigenvalue weighted by Gasteiger charge is -2.22. The van der Waals surface area contributed by atoms with E-state index >= 15 is 0 Å². The van der Waals surface area contributed by atoms with Crippen molar-refractivity contribution in [1.82, 2.24) is 0 Å². The zero-order valence-electron chi connectivity index (χ0n) is 8.53. The van der Waals surface area contributed by atoms with Gasteiger partial charge in [0, 0.05) is 0 Å². The third-order valence-corrected chi connectivity index (χ3v) is 7.91. The third-order valence-electron chi connectivity index (χ3n) is 2.58. The summed E-state index contributed by atoms with van der Waals surface area (Å²) < 4.78 is 45.9. The molecule has 0 radical (unpaired) electrons. The molecule has 0 N–H and O–H groups in total. The van der Waals surface area contributed by atoms with Gasteiger partial charge < -0.3 is 0 Å². The number of sulfone groups is 2. The molecule has 0 atom stereocenters. The van der Waals surface area contributed by atoms with Crippen LogP contribution in [0.2, 0.25) is 0 Å². The second-order valence-electron chi connectivity index (χ2n) is 3.83. The highest BCUT2D eigenvalue weighted by molar-refractivity contribution is 8.09. The van der Waals surface area contributed by atoms with Crippen LogP contribution in [0.5, 0.6) is 0 Å². The molecule has 4 nitrogen and oxygen atoms in total. The molecule has 16 heavy (non-hydrogen) atoms. The van der Waals surface area contributed by atoms with Crippen LogP contribution < -0.4 is 0 Å². The van der Waals surface area contributed by atoms with E-state index in [4.69, 9.17) is 0 Å². The molecular formula is C10H12O4S2. The third kappa shape index (κ3) is 1.99. The van der Waals surface area contributed by atoms with Gasteiger partial charge in [0.05, 0.1) is 11.5 Å². The quantitative estimate of drug-likeness (QED) is 0.753. The molecule has 2 rings (SSSR count). The first kappa shape index (κ1) is 11.6. The second kappa shape index (κ2) is 3.85. The van der Waals surface area contributed by atoms with Crippen LogP contribution >= 0.6 is 0 Å². The molecule has 0 saturated carbocycles. The first-order chi connectivity index (χ1) is 7.43. The van der Waals surface area contributed by atoms with Crippen LogP contribution in [0, 0.1) is 0 Å². The van der Waals surface area contributed by atoms with Crippen molar-refractivity contribution in [2.24, 2.45) is 0 Å². The van der Waals surface area contributed by atoms with Crippen molar-refractivity contribution in [3.63, 3.8) is 0 Å². The van der Waals surface area contributed by atoms with Crippen LogP contribution in [0.15, 0.2) is 30.3 Å². The smallest absolute Gasteiger partial charge is 0.187 e. The van der Waals surface area contributed by atoms with Crippen LogP contribution in [0.3, 0.4) is 0 Å². The Hall–Kier alpha value is -0.880. The van der Waals surface area contributed by atoms with Crippen LogP contribution in [-0.2, 0) is 19.7 Å². The van der Waals surface area contributed by atoms with E-state index < -0.39 is 24.3 Å². The summed E-state index contributed by atoms with van der Waals surface area (Å²) in [6, 6.07) is 8.12. The van der Waals surface area contributed by atoms with E-state index in [1.54, 1.807) is 30.3 Å². The van der Waals surface area contributed by atoms with Crippen LogP contribution in [-0.4, -0.2) is 28.3 Å². The van der Waals surface area contributed by atoms with E-state index in [2.05, 4.69) is 0 Å². The Balaban J connectivity index is 2.59. The predicted octanol–water partition coefficient (Wildman–Crippen LogP) is 0.918. The zero-order chi connectivity index (χ0) is 11.8. The monoisotopic (exact) mass is 260 g/mol. The Morgan fingerprint density at radius 1 is 0.875 bits per heavy atom. The lowest BCUT2D eigenvalue weighted by atomic mass is 10.2. The van der Waals surface area contributed by atoms with Gasteiger partial charge in [-0.25, -0.2) is 16.8 Å². The summed E-state index contributed by atoms with van der Waals surface area (Å²) >= 11 is 0. The average Bonchev–Trinajstić information content (AvgIpc) is 2.16. The summed E-state index contributed by atoms with van der Waals surface area (Å²) in [6.45, 7) is 0. The summed E-state index contributed by atoms with van der Waals surface area (Å²) in [5.41, 5.74) is 0.349. The number of benzene rings is 1. The summed E-state index contributed by atoms with van der Waals surface area (Å²) in [5.74, 6) is -0.0996. The van der Waals surface area contributed by atoms with E-state index in [0.29, 0.717) is 5.56 Å². The molecule has 1 aliphatic heterocycles. The van der Waals surface area contributed by atoms with Crippen molar-refractivity contribution < 1.29 is 16.8 Å². The Kier molecular flexibility index (Phi) is 2.79. The summed E-state index contributed by atoms with van der Waals surface area (Å²) in [4.78, 5) is 0. The predicted molar refractivity (Wildman–Crippen MR) is 61.4 cm³/mol. The number of hydrogen-bond donors (Lipinski definition) is 0. The Morgan fingerprint density at radius 3 is 1.88 bits per heavy atom. The molecule has 1 aromatic carbocycles. The van der Waals surface area contributed by atoms with Gasteiger partial charge in [-0.3, -0.25) is 0 Å². The highest BCUT2D eigenvalue weighted by atomic mass is 32.3. The fourth-order valence-corrected chi connectivity index (χ4v) is 7.14. The molecule has 1 heterocycles. The molecular weight excluding hydrogens is 248 g/mol. The minimum Gasteiger partial charge on any atom is -0.227 e. The molecule has 0 unspecified atom stereocenters. The molecule has 1 aromatic rings. The molecule has 0 aromatic heterocycles. The minimum absolute atomic E-state index is 0.0498. The first-order valence-corrected chi connectivity index (χ1v) is 8.35. The van der Waals surface area contributed by atoms with Gasteiger partial charge in [-0.2, -0.15) is 0 Å². The summed E-state index contributed by atoms with van der Waals surface area (Å²) in [5, 5.41) is 0. The minimum atomic E-state index is -3.57. The van der Waals surface area contributed by atoms with Crippen molar-refractivity contribution in [3.05, 3.63) is 35.9 Å². The normalized spacial score (nSPS) is 24.0. The van der Waals surface area contributed by atoms with Gasteiger partial charge in [0.2, 0.25) is 0 Å². The molecule has 0 spiro atoms. The van der Waals surface area contributed by atoms with E-state index in [-0.39, 0.29) is 17.9 Å². The molecule has 1 fully saturated rings. The Morgan fingerprint density at radius 2 is 1.38 bits per heavy atom. The summed E-state index contributed by atoms with van der Waals surface area (Å²) in [6.07, 6.45) is 0.202. The average molecular weight is 260 g/mol. The maximum Gasteiger partial charge on any atom is 0.187 e. The van der Waals surface area contributed by atoms with E-state index in [0.717, 1.165) is 0 Å². The fourth-order valence-electron chi connectivity index (χ4n) is 1.92. The van der Waals surface area contributed by atoms with Gasteiger partial charge in [0.15, 0.2) is 24.3 Å². The van der Waals surface area contributed by atoms with Gasteiger partial charge in [0.1, 0.15) is 0 Å². The second-order valence-corrected chi connectivity index (χ2v) is 8.54. The largest absolute Gasteiger partial charge is 0.227 e. The van der Waals surface area contributed by atoms with Gasteiger partial charge in [-0.05, 0) is 12.0 Å². The highest BCUT2D eigenvalue weighted by Crippen LogP contribution is 2.33. The topological polar surface area (TPSA) is 68.3 Å². The van der Waals surface area contributed by atoms with E-state index in [1.807, 2.05) is 0 Å². The Labute approximate surface area is 95.1 Å². The van der Waals surface area contributed by atoms with Crippen molar-refractivity contribution in [3.8, 4) is 0 Å².